The summed E-state index contributed by atoms with van der Waals surface area (Å²) in [6.07, 6.45) is 7.53. The topological polar surface area (TPSA) is 54.3 Å². The zero-order valence-electron chi connectivity index (χ0n) is 16.3. The van der Waals surface area contributed by atoms with Gasteiger partial charge in [-0.15, -0.1) is 12.4 Å². The van der Waals surface area contributed by atoms with Crippen LogP contribution in [0.15, 0.2) is 18.3 Å². The molecule has 0 spiro atoms. The van der Waals surface area contributed by atoms with E-state index in [-0.39, 0.29) is 18.4 Å². The minimum Gasteiger partial charge on any atom is -0.341 e. The van der Waals surface area contributed by atoms with Crippen LogP contribution in [0.1, 0.15) is 50.6 Å². The summed E-state index contributed by atoms with van der Waals surface area (Å²) in [4.78, 5) is 21.8. The van der Waals surface area contributed by atoms with Crippen LogP contribution < -0.4 is 0 Å². The summed E-state index contributed by atoms with van der Waals surface area (Å²) in [6, 6.07) is 4.11. The smallest absolute Gasteiger partial charge is 0.239 e. The number of rotatable bonds is 3. The molecule has 7 heteroatoms. The van der Waals surface area contributed by atoms with Gasteiger partial charge in [-0.3, -0.25) is 14.4 Å². The molecule has 1 amide bonds. The largest absolute Gasteiger partial charge is 0.341 e. The molecule has 27 heavy (non-hydrogen) atoms. The first kappa shape index (κ1) is 20.1. The summed E-state index contributed by atoms with van der Waals surface area (Å²) >= 11 is 0. The Morgan fingerprint density at radius 3 is 2.56 bits per heavy atom. The van der Waals surface area contributed by atoms with Crippen LogP contribution >= 0.6 is 12.4 Å². The van der Waals surface area contributed by atoms with E-state index in [0.29, 0.717) is 11.8 Å². The number of fused-ring (bicyclic) bond motifs is 1. The zero-order valence-corrected chi connectivity index (χ0v) is 17.1. The summed E-state index contributed by atoms with van der Waals surface area (Å²) in [5, 5.41) is 5.89. The predicted octanol–water partition coefficient (Wildman–Crippen LogP) is 2.97. The molecule has 0 aliphatic carbocycles. The van der Waals surface area contributed by atoms with Gasteiger partial charge in [0.2, 0.25) is 5.91 Å². The van der Waals surface area contributed by atoms with E-state index in [1.165, 1.54) is 19.3 Å². The van der Waals surface area contributed by atoms with E-state index in [2.05, 4.69) is 27.8 Å². The first-order valence-electron chi connectivity index (χ1n) is 9.95. The van der Waals surface area contributed by atoms with Gasteiger partial charge in [-0.2, -0.15) is 5.10 Å². The molecule has 2 aliphatic heterocycles. The van der Waals surface area contributed by atoms with Crippen LogP contribution in [-0.4, -0.2) is 62.7 Å². The second-order valence-electron chi connectivity index (χ2n) is 7.76. The molecule has 148 valence electrons. The molecule has 4 rings (SSSR count). The first-order chi connectivity index (χ1) is 12.6. The summed E-state index contributed by atoms with van der Waals surface area (Å²) < 4.78 is 1.88. The van der Waals surface area contributed by atoms with Gasteiger partial charge in [-0.1, -0.05) is 6.42 Å². The summed E-state index contributed by atoms with van der Waals surface area (Å²) in [5.41, 5.74) is 2.09. The van der Waals surface area contributed by atoms with Gasteiger partial charge < -0.3 is 4.90 Å². The van der Waals surface area contributed by atoms with Crippen LogP contribution in [-0.2, 0) is 11.8 Å². The molecule has 2 aromatic heterocycles. The lowest BCUT2D eigenvalue weighted by atomic mass is 9.91. The number of nitrogens with zero attached hydrogens (tertiary/aromatic N) is 5. The van der Waals surface area contributed by atoms with Crippen molar-refractivity contribution in [2.75, 3.05) is 26.2 Å². The highest BCUT2D eigenvalue weighted by Crippen LogP contribution is 2.32. The lowest BCUT2D eigenvalue weighted by Crippen LogP contribution is -2.50. The van der Waals surface area contributed by atoms with E-state index < -0.39 is 0 Å². The fourth-order valence-electron chi connectivity index (χ4n) is 4.52. The van der Waals surface area contributed by atoms with Gasteiger partial charge in [0.05, 0.1) is 11.7 Å². The Morgan fingerprint density at radius 1 is 1.15 bits per heavy atom. The predicted molar refractivity (Wildman–Crippen MR) is 109 cm³/mol. The second kappa shape index (κ2) is 8.57. The number of likely N-dealkylation sites (tertiary alicyclic amines) is 2. The lowest BCUT2D eigenvalue weighted by molar-refractivity contribution is -0.137. The average molecular weight is 392 g/mol. The van der Waals surface area contributed by atoms with Crippen molar-refractivity contribution >= 4 is 29.3 Å². The van der Waals surface area contributed by atoms with Crippen molar-refractivity contribution in [1.29, 1.82) is 0 Å². The third-order valence-electron chi connectivity index (χ3n) is 6.12. The van der Waals surface area contributed by atoms with Gasteiger partial charge in [-0.25, -0.2) is 4.98 Å². The third kappa shape index (κ3) is 3.97. The monoisotopic (exact) mass is 391 g/mol. The van der Waals surface area contributed by atoms with Crippen molar-refractivity contribution in [3.63, 3.8) is 0 Å². The van der Waals surface area contributed by atoms with E-state index in [9.17, 15) is 4.79 Å². The third-order valence-corrected chi connectivity index (χ3v) is 6.12. The van der Waals surface area contributed by atoms with Crippen LogP contribution in [0.3, 0.4) is 0 Å². The molecule has 0 aromatic carbocycles. The number of pyridine rings is 1. The Kier molecular flexibility index (Phi) is 6.37. The number of piperidine rings is 2. The van der Waals surface area contributed by atoms with Crippen LogP contribution in [0.4, 0.5) is 0 Å². The van der Waals surface area contributed by atoms with Gasteiger partial charge in [-0.05, 0) is 57.8 Å². The number of aromatic nitrogens is 3. The molecule has 0 N–H and O–H groups in total. The van der Waals surface area contributed by atoms with Gasteiger partial charge in [0.25, 0.3) is 0 Å². The molecular weight excluding hydrogens is 362 g/mol. The normalized spacial score (nSPS) is 20.4. The van der Waals surface area contributed by atoms with Gasteiger partial charge in [0.15, 0.2) is 5.65 Å². The fraction of sp³-hybridized carbons (Fsp3) is 0.650. The number of halogens is 1. The molecule has 4 heterocycles. The molecule has 0 bridgehead atoms. The maximum Gasteiger partial charge on any atom is 0.239 e. The highest BCUT2D eigenvalue weighted by molar-refractivity contribution is 5.85. The quantitative estimate of drug-likeness (QED) is 0.807. The first-order valence-corrected chi connectivity index (χ1v) is 9.95. The van der Waals surface area contributed by atoms with Crippen molar-refractivity contribution < 1.29 is 4.79 Å². The Balaban J connectivity index is 0.00000210. The van der Waals surface area contributed by atoms with Crippen molar-refractivity contribution in [2.24, 2.45) is 7.05 Å². The SMILES string of the molecule is CC(C(=O)N1CCC(c2nn(C)c3ncccc23)CC1)N1CCCCC1.Cl. The molecule has 1 unspecified atom stereocenters. The van der Waals surface area contributed by atoms with Crippen LogP contribution in [0, 0.1) is 0 Å². The maximum absolute atomic E-state index is 12.9. The van der Waals surface area contributed by atoms with Gasteiger partial charge >= 0.3 is 0 Å². The van der Waals surface area contributed by atoms with E-state index in [4.69, 9.17) is 5.10 Å². The number of hydrogen-bond acceptors (Lipinski definition) is 4. The summed E-state index contributed by atoms with van der Waals surface area (Å²) in [6.45, 7) is 5.88. The molecule has 1 atom stereocenters. The van der Waals surface area contributed by atoms with E-state index in [1.54, 1.807) is 0 Å². The van der Waals surface area contributed by atoms with Gasteiger partial charge in [0, 0.05) is 37.6 Å². The van der Waals surface area contributed by atoms with E-state index in [1.807, 2.05) is 24.0 Å². The molecular formula is C20H30ClN5O. The fourth-order valence-corrected chi connectivity index (χ4v) is 4.52. The Hall–Kier alpha value is -1.66. The van der Waals surface area contributed by atoms with Crippen LogP contribution in [0.25, 0.3) is 11.0 Å². The summed E-state index contributed by atoms with van der Waals surface area (Å²) in [7, 11) is 1.96. The number of carbonyl (C=O) groups excluding carboxylic acids is 1. The molecule has 0 saturated carbocycles. The molecule has 2 aliphatic rings. The Morgan fingerprint density at radius 2 is 1.85 bits per heavy atom. The number of aryl methyl sites for hydroxylation is 1. The second-order valence-corrected chi connectivity index (χ2v) is 7.76. The molecule has 0 radical (unpaired) electrons. The van der Waals surface area contributed by atoms with E-state index in [0.717, 1.165) is 55.7 Å². The standard InChI is InChI=1S/C20H29N5O.ClH/c1-15(24-11-4-3-5-12-24)20(26)25-13-8-16(9-14-25)18-17-7-6-10-21-19(17)23(2)22-18;/h6-7,10,15-16H,3-5,8-9,11-14H2,1-2H3;1H. The minimum atomic E-state index is 0. The maximum atomic E-state index is 12.9. The Labute approximate surface area is 167 Å². The highest BCUT2D eigenvalue weighted by Gasteiger charge is 2.31. The Bertz CT molecular complexity index is 778. The molecule has 2 saturated heterocycles. The molecule has 2 aromatic rings. The van der Waals surface area contributed by atoms with Crippen molar-refractivity contribution in [1.82, 2.24) is 24.6 Å². The number of amides is 1. The molecule has 2 fully saturated rings. The van der Waals surface area contributed by atoms with Crippen LogP contribution in [0.5, 0.6) is 0 Å². The van der Waals surface area contributed by atoms with Crippen molar-refractivity contribution in [2.45, 2.75) is 51.0 Å². The highest BCUT2D eigenvalue weighted by atomic mass is 35.5. The zero-order chi connectivity index (χ0) is 18.1. The number of hydrogen-bond donors (Lipinski definition) is 0. The molecule has 6 nitrogen and oxygen atoms in total. The van der Waals surface area contributed by atoms with Crippen LogP contribution in [0.2, 0.25) is 0 Å². The van der Waals surface area contributed by atoms with Crippen molar-refractivity contribution in [3.05, 3.63) is 24.0 Å². The van der Waals surface area contributed by atoms with Crippen molar-refractivity contribution in [3.8, 4) is 0 Å². The van der Waals surface area contributed by atoms with Gasteiger partial charge in [0.1, 0.15) is 0 Å². The number of carbonyl (C=O) groups is 1. The lowest BCUT2D eigenvalue weighted by Gasteiger charge is -2.37. The average Bonchev–Trinajstić information content (AvgIpc) is 3.05. The van der Waals surface area contributed by atoms with E-state index >= 15 is 0 Å². The minimum absolute atomic E-state index is 0. The summed E-state index contributed by atoms with van der Waals surface area (Å²) in [5.74, 6) is 0.718.